The van der Waals surface area contributed by atoms with Crippen LogP contribution in [0, 0.1) is 0 Å². The third kappa shape index (κ3) is 5.27. The van der Waals surface area contributed by atoms with Gasteiger partial charge in [0.15, 0.2) is 5.01 Å². The zero-order valence-electron chi connectivity index (χ0n) is 15.6. The van der Waals surface area contributed by atoms with Crippen LogP contribution >= 0.6 is 22.9 Å². The predicted molar refractivity (Wildman–Crippen MR) is 110 cm³/mol. The molecule has 0 saturated heterocycles. The lowest BCUT2D eigenvalue weighted by molar-refractivity contribution is -0.192. The van der Waals surface area contributed by atoms with Gasteiger partial charge in [-0.2, -0.15) is 13.2 Å². The first kappa shape index (κ1) is 22.4. The van der Waals surface area contributed by atoms with Gasteiger partial charge >= 0.3 is 12.1 Å². The molecule has 0 fully saturated rings. The number of anilines is 2. The summed E-state index contributed by atoms with van der Waals surface area (Å²) in [6.07, 6.45) is -1.55. The number of carboxylic acid groups (broad SMARTS) is 1. The molecule has 0 saturated carbocycles. The topological polar surface area (TPSA) is 109 Å². The zero-order chi connectivity index (χ0) is 22.8. The highest BCUT2D eigenvalue weighted by Gasteiger charge is 2.38. The lowest BCUT2D eigenvalue weighted by Crippen LogP contribution is -2.21. The first-order chi connectivity index (χ1) is 14.6. The lowest BCUT2D eigenvalue weighted by atomic mass is 10.1. The molecule has 0 amide bonds. The summed E-state index contributed by atoms with van der Waals surface area (Å²) in [5.41, 5.74) is 3.62. The van der Waals surface area contributed by atoms with Crippen molar-refractivity contribution in [3.63, 3.8) is 0 Å². The van der Waals surface area contributed by atoms with E-state index in [9.17, 15) is 18.0 Å². The second-order valence-corrected chi connectivity index (χ2v) is 7.53. The number of benzene rings is 1. The molecule has 1 aliphatic heterocycles. The van der Waals surface area contributed by atoms with E-state index in [-0.39, 0.29) is 5.56 Å². The summed E-state index contributed by atoms with van der Waals surface area (Å²) in [7, 11) is 1.71. The van der Waals surface area contributed by atoms with Gasteiger partial charge in [-0.15, -0.1) is 10.2 Å². The number of rotatable bonds is 3. The van der Waals surface area contributed by atoms with Crippen molar-refractivity contribution in [3.05, 3.63) is 57.0 Å². The van der Waals surface area contributed by atoms with Gasteiger partial charge in [-0.1, -0.05) is 29.0 Å². The summed E-state index contributed by atoms with van der Waals surface area (Å²) >= 11 is 7.83. The first-order valence-electron chi connectivity index (χ1n) is 8.45. The van der Waals surface area contributed by atoms with Crippen LogP contribution in [-0.4, -0.2) is 38.2 Å². The van der Waals surface area contributed by atoms with Gasteiger partial charge in [0, 0.05) is 36.7 Å². The molecular weight excluding hydrogens is 459 g/mol. The average molecular weight is 472 g/mol. The summed E-state index contributed by atoms with van der Waals surface area (Å²) < 4.78 is 33.3. The molecule has 2 aromatic heterocycles. The van der Waals surface area contributed by atoms with Gasteiger partial charge in [0.25, 0.3) is 0 Å². The number of hydrogen-bond acceptors (Lipinski definition) is 7. The number of carbonyl (C=O) groups is 1. The summed E-state index contributed by atoms with van der Waals surface area (Å²) in [4.78, 5) is 24.6. The summed E-state index contributed by atoms with van der Waals surface area (Å²) in [5.74, 6) is -2.76. The molecule has 0 spiro atoms. The first-order valence-corrected chi connectivity index (χ1v) is 9.64. The molecule has 0 unspecified atom stereocenters. The maximum atomic E-state index is 11.5. The van der Waals surface area contributed by atoms with Crippen molar-refractivity contribution in [3.8, 4) is 10.6 Å². The van der Waals surface area contributed by atoms with E-state index < -0.39 is 12.1 Å². The van der Waals surface area contributed by atoms with E-state index in [0.717, 1.165) is 27.4 Å². The number of aliphatic imine (C=N–C) groups is 1. The van der Waals surface area contributed by atoms with Crippen molar-refractivity contribution in [2.45, 2.75) is 12.7 Å². The van der Waals surface area contributed by atoms with E-state index in [1.807, 2.05) is 12.1 Å². The largest absolute Gasteiger partial charge is 0.490 e. The Morgan fingerprint density at radius 2 is 1.97 bits per heavy atom. The number of aromatic nitrogens is 3. The minimum Gasteiger partial charge on any atom is -0.475 e. The van der Waals surface area contributed by atoms with Crippen molar-refractivity contribution < 1.29 is 23.1 Å². The molecule has 162 valence electrons. The Labute approximate surface area is 181 Å². The molecule has 8 nitrogen and oxygen atoms in total. The smallest absolute Gasteiger partial charge is 0.475 e. The fourth-order valence-electron chi connectivity index (χ4n) is 2.47. The number of nitrogens with one attached hydrogen (secondary N) is 1. The zero-order valence-corrected chi connectivity index (χ0v) is 17.2. The molecule has 4 rings (SSSR count). The Balaban J connectivity index is 0.000000339. The molecule has 13 heteroatoms. The highest BCUT2D eigenvalue weighted by molar-refractivity contribution is 7.18. The normalized spacial score (nSPS) is 12.2. The molecule has 0 bridgehead atoms. The van der Waals surface area contributed by atoms with Gasteiger partial charge in [0.1, 0.15) is 0 Å². The monoisotopic (exact) mass is 471 g/mol. The highest BCUT2D eigenvalue weighted by atomic mass is 35.5. The molecule has 2 N–H and O–H groups in total. The standard InChI is InChI=1S/C16H12ClN5OS.C2HF3O2/c1-22-8-10(3-5-13(22)23)15-20-21-16(24-15)19-12-4-2-9-6-18-7-11(9)14(12)17;3-2(4,5)1(6)7/h2-5,7-8H,6H2,1H3,(H,19,21);(H,6,7). The van der Waals surface area contributed by atoms with E-state index in [0.29, 0.717) is 16.7 Å². The van der Waals surface area contributed by atoms with E-state index >= 15 is 0 Å². The summed E-state index contributed by atoms with van der Waals surface area (Å²) in [6, 6.07) is 7.18. The second kappa shape index (κ2) is 8.86. The van der Waals surface area contributed by atoms with Crippen LogP contribution in [0.25, 0.3) is 10.6 Å². The SMILES string of the molecule is Cn1cc(-c2nnc(Nc3ccc4c(c3Cl)C=NC4)s2)ccc1=O.O=C(O)C(F)(F)F. The van der Waals surface area contributed by atoms with Crippen LogP contribution in [0.3, 0.4) is 0 Å². The Hall–Kier alpha value is -3.25. The molecule has 1 aliphatic rings. The van der Waals surface area contributed by atoms with Gasteiger partial charge in [0.05, 0.1) is 17.3 Å². The van der Waals surface area contributed by atoms with Crippen LogP contribution in [0.1, 0.15) is 11.1 Å². The maximum Gasteiger partial charge on any atom is 0.490 e. The van der Waals surface area contributed by atoms with Crippen LogP contribution in [-0.2, 0) is 18.4 Å². The molecule has 1 aromatic carbocycles. The van der Waals surface area contributed by atoms with E-state index in [1.54, 1.807) is 25.5 Å². The van der Waals surface area contributed by atoms with Crippen LogP contribution < -0.4 is 10.9 Å². The lowest BCUT2D eigenvalue weighted by Gasteiger charge is -2.08. The van der Waals surface area contributed by atoms with E-state index in [2.05, 4.69) is 20.5 Å². The van der Waals surface area contributed by atoms with Gasteiger partial charge in [-0.25, -0.2) is 4.79 Å². The quantitative estimate of drug-likeness (QED) is 0.600. The van der Waals surface area contributed by atoms with E-state index in [1.165, 1.54) is 22.0 Å². The van der Waals surface area contributed by atoms with Crippen molar-refractivity contribution in [2.24, 2.45) is 12.0 Å². The molecular formula is C18H13ClF3N5O3S. The fraction of sp³-hybridized carbons (Fsp3) is 0.167. The number of carboxylic acids is 1. The van der Waals surface area contributed by atoms with Crippen LogP contribution in [0.5, 0.6) is 0 Å². The number of aryl methyl sites for hydroxylation is 1. The number of halogens is 4. The van der Waals surface area contributed by atoms with Gasteiger partial charge in [0.2, 0.25) is 10.7 Å². The Morgan fingerprint density at radius 3 is 2.61 bits per heavy atom. The van der Waals surface area contributed by atoms with Gasteiger partial charge in [-0.05, 0) is 17.7 Å². The highest BCUT2D eigenvalue weighted by Crippen LogP contribution is 2.34. The third-order valence-electron chi connectivity index (χ3n) is 3.99. The number of fused-ring (bicyclic) bond motifs is 1. The molecule has 31 heavy (non-hydrogen) atoms. The van der Waals surface area contributed by atoms with Crippen LogP contribution in [0.4, 0.5) is 24.0 Å². The molecule has 0 atom stereocenters. The second-order valence-electron chi connectivity index (χ2n) is 6.18. The van der Waals surface area contributed by atoms with Crippen LogP contribution in [0.15, 0.2) is 40.2 Å². The van der Waals surface area contributed by atoms with Crippen molar-refractivity contribution in [2.75, 3.05) is 5.32 Å². The van der Waals surface area contributed by atoms with Crippen molar-refractivity contribution >= 4 is 45.9 Å². The minimum absolute atomic E-state index is 0.0619. The van der Waals surface area contributed by atoms with Crippen LogP contribution in [0.2, 0.25) is 5.02 Å². The Bertz CT molecular complexity index is 1220. The molecule has 3 aromatic rings. The predicted octanol–water partition coefficient (Wildman–Crippen LogP) is 3.87. The third-order valence-corrected chi connectivity index (χ3v) is 5.29. The van der Waals surface area contributed by atoms with Crippen molar-refractivity contribution in [1.29, 1.82) is 0 Å². The van der Waals surface area contributed by atoms with Gasteiger partial charge < -0.3 is 15.0 Å². The number of nitrogens with zero attached hydrogens (tertiary/aromatic N) is 4. The fourth-order valence-corrected chi connectivity index (χ4v) is 3.49. The molecule has 0 radical (unpaired) electrons. The summed E-state index contributed by atoms with van der Waals surface area (Å²) in [5, 5.41) is 20.7. The Kier molecular flexibility index (Phi) is 6.41. The summed E-state index contributed by atoms with van der Waals surface area (Å²) in [6.45, 7) is 0.672. The van der Waals surface area contributed by atoms with Gasteiger partial charge in [-0.3, -0.25) is 9.79 Å². The number of hydrogen-bond donors (Lipinski definition) is 2. The minimum atomic E-state index is -5.08. The number of aliphatic carboxylic acids is 1. The van der Waals surface area contributed by atoms with Crippen molar-refractivity contribution in [1.82, 2.24) is 14.8 Å². The van der Waals surface area contributed by atoms with E-state index in [4.69, 9.17) is 21.5 Å². The number of alkyl halides is 3. The number of pyridine rings is 1. The molecule has 3 heterocycles. The average Bonchev–Trinajstić information content (AvgIpc) is 3.36. The Morgan fingerprint density at radius 1 is 1.26 bits per heavy atom. The molecule has 0 aliphatic carbocycles. The maximum absolute atomic E-state index is 11.5.